The van der Waals surface area contributed by atoms with Crippen molar-refractivity contribution in [3.8, 4) is 5.88 Å². The Morgan fingerprint density at radius 2 is 1.72 bits per heavy atom. The summed E-state index contributed by atoms with van der Waals surface area (Å²) in [7, 11) is 0. The van der Waals surface area contributed by atoms with Crippen LogP contribution in [0.1, 0.15) is 0 Å². The van der Waals surface area contributed by atoms with Gasteiger partial charge in [-0.1, -0.05) is 24.3 Å². The monoisotopic (exact) mass is 237 g/mol. The van der Waals surface area contributed by atoms with Crippen molar-refractivity contribution in [2.45, 2.75) is 0 Å². The molecule has 0 bridgehead atoms. The van der Waals surface area contributed by atoms with E-state index in [1.165, 1.54) is 0 Å². The maximum Gasteiger partial charge on any atom is 0.258 e. The zero-order valence-corrected chi connectivity index (χ0v) is 9.15. The molecule has 0 atom stereocenters. The van der Waals surface area contributed by atoms with Crippen LogP contribution in [0, 0.1) is 0 Å². The van der Waals surface area contributed by atoms with Crippen LogP contribution < -0.4 is 11.0 Å². The summed E-state index contributed by atoms with van der Waals surface area (Å²) in [6.07, 6.45) is 0. The summed E-state index contributed by atoms with van der Waals surface area (Å²) in [5.74, 6) is -0.346. The first-order chi connectivity index (χ1) is 8.68. The first-order valence-corrected chi connectivity index (χ1v) is 5.54. The van der Waals surface area contributed by atoms with Crippen LogP contribution in [0.5, 0.6) is 5.88 Å². The maximum atomic E-state index is 12.2. The van der Waals surface area contributed by atoms with E-state index in [-0.39, 0.29) is 22.3 Å². The summed E-state index contributed by atoms with van der Waals surface area (Å²) in [6.45, 7) is 0. The van der Waals surface area contributed by atoms with Crippen LogP contribution >= 0.6 is 0 Å². The minimum Gasteiger partial charge on any atom is -0.494 e. The van der Waals surface area contributed by atoms with Crippen molar-refractivity contribution in [3.63, 3.8) is 0 Å². The van der Waals surface area contributed by atoms with Crippen LogP contribution in [0.25, 0.3) is 32.3 Å². The molecule has 2 N–H and O–H groups in total. The van der Waals surface area contributed by atoms with Crippen LogP contribution in [0.4, 0.5) is 0 Å². The highest BCUT2D eigenvalue weighted by molar-refractivity contribution is 6.26. The standard InChI is InChI=1S/C14H7NO3/c16-12-7-3-1-2-6-4-5-8-10(9(6)7)11(12)14(18)15-13(8)17/h1-5H,(H2,15,17,18). The summed E-state index contributed by atoms with van der Waals surface area (Å²) in [5, 5.41) is 13.2. The molecule has 0 unspecified atom stereocenters. The molecule has 3 aromatic carbocycles. The van der Waals surface area contributed by atoms with Gasteiger partial charge in [0.1, 0.15) is 0 Å². The molecule has 0 saturated carbocycles. The molecule has 1 aromatic heterocycles. The van der Waals surface area contributed by atoms with Gasteiger partial charge in [-0.2, -0.15) is 0 Å². The quantitative estimate of drug-likeness (QED) is 0.458. The van der Waals surface area contributed by atoms with Gasteiger partial charge in [0.05, 0.1) is 5.39 Å². The highest BCUT2D eigenvalue weighted by Gasteiger charge is 2.19. The summed E-state index contributed by atoms with van der Waals surface area (Å²) >= 11 is 0. The molecule has 4 heteroatoms. The molecule has 0 aliphatic rings. The Balaban J connectivity index is 2.62. The number of aromatic amines is 1. The average molecular weight is 237 g/mol. The molecule has 0 aliphatic carbocycles. The second-order valence-corrected chi connectivity index (χ2v) is 4.40. The SMILES string of the molecule is O=c1[nH]c(O)c2c(=O)c3cccc4ccc1c2c43. The molecule has 4 aromatic rings. The summed E-state index contributed by atoms with van der Waals surface area (Å²) in [5.41, 5.74) is -0.613. The van der Waals surface area contributed by atoms with Crippen molar-refractivity contribution >= 4 is 32.3 Å². The molecular weight excluding hydrogens is 230 g/mol. The van der Waals surface area contributed by atoms with E-state index in [1.807, 2.05) is 12.1 Å². The van der Waals surface area contributed by atoms with Crippen LogP contribution in [-0.4, -0.2) is 10.1 Å². The van der Waals surface area contributed by atoms with Crippen molar-refractivity contribution < 1.29 is 5.11 Å². The van der Waals surface area contributed by atoms with E-state index < -0.39 is 0 Å². The van der Waals surface area contributed by atoms with Crippen LogP contribution in [0.2, 0.25) is 0 Å². The van der Waals surface area contributed by atoms with Gasteiger partial charge in [0, 0.05) is 21.5 Å². The molecule has 4 nitrogen and oxygen atoms in total. The number of rotatable bonds is 0. The molecule has 1 heterocycles. The zero-order valence-electron chi connectivity index (χ0n) is 9.15. The molecule has 0 amide bonds. The van der Waals surface area contributed by atoms with Gasteiger partial charge >= 0.3 is 0 Å². The number of aromatic hydroxyl groups is 1. The third-order valence-electron chi connectivity index (χ3n) is 3.48. The number of H-pyrrole nitrogens is 1. The van der Waals surface area contributed by atoms with Crippen molar-refractivity contribution in [1.29, 1.82) is 0 Å². The number of pyridine rings is 1. The number of nitrogens with one attached hydrogen (secondary N) is 1. The third-order valence-corrected chi connectivity index (χ3v) is 3.48. The lowest BCUT2D eigenvalue weighted by Gasteiger charge is -2.02. The van der Waals surface area contributed by atoms with Gasteiger partial charge in [0.25, 0.3) is 5.56 Å². The van der Waals surface area contributed by atoms with Crippen molar-refractivity contribution in [1.82, 2.24) is 4.98 Å². The second-order valence-electron chi connectivity index (χ2n) is 4.40. The molecule has 0 radical (unpaired) electrons. The normalized spacial score (nSPS) is 12.0. The van der Waals surface area contributed by atoms with E-state index in [2.05, 4.69) is 4.98 Å². The maximum absolute atomic E-state index is 12.2. The van der Waals surface area contributed by atoms with Crippen molar-refractivity contribution in [2.24, 2.45) is 0 Å². The Bertz CT molecular complexity index is 1020. The molecule has 0 spiro atoms. The first kappa shape index (κ1) is 9.41. The van der Waals surface area contributed by atoms with E-state index in [1.54, 1.807) is 18.2 Å². The lowest BCUT2D eigenvalue weighted by molar-refractivity contribution is 0.459. The summed E-state index contributed by atoms with van der Waals surface area (Å²) in [6, 6.07) is 8.90. The Labute approximate surface area is 99.8 Å². The largest absolute Gasteiger partial charge is 0.494 e. The van der Waals surface area contributed by atoms with E-state index in [9.17, 15) is 14.7 Å². The zero-order chi connectivity index (χ0) is 12.4. The molecule has 18 heavy (non-hydrogen) atoms. The lowest BCUT2D eigenvalue weighted by atomic mass is 10.0. The van der Waals surface area contributed by atoms with Gasteiger partial charge in [-0.15, -0.1) is 0 Å². The minimum atomic E-state index is -0.377. The van der Waals surface area contributed by atoms with Crippen LogP contribution in [0.3, 0.4) is 0 Å². The molecule has 0 saturated heterocycles. The third kappa shape index (κ3) is 0.876. The number of hydrogen-bond donors (Lipinski definition) is 2. The lowest BCUT2D eigenvalue weighted by Crippen LogP contribution is -2.07. The fraction of sp³-hybridized carbons (Fsp3) is 0. The molecule has 4 rings (SSSR count). The highest BCUT2D eigenvalue weighted by atomic mass is 16.3. The first-order valence-electron chi connectivity index (χ1n) is 5.54. The van der Waals surface area contributed by atoms with Gasteiger partial charge in [0.15, 0.2) is 5.43 Å². The number of hydrogen-bond acceptors (Lipinski definition) is 3. The van der Waals surface area contributed by atoms with Crippen LogP contribution in [-0.2, 0) is 0 Å². The predicted octanol–water partition coefficient (Wildman–Crippen LogP) is 1.78. The summed E-state index contributed by atoms with van der Waals surface area (Å²) in [4.78, 5) is 26.4. The Hall–Kier alpha value is -2.62. The average Bonchev–Trinajstić information content (AvgIpc) is 2.66. The van der Waals surface area contributed by atoms with Crippen molar-refractivity contribution in [3.05, 3.63) is 50.9 Å². The topological polar surface area (TPSA) is 70.2 Å². The van der Waals surface area contributed by atoms with Gasteiger partial charge in [-0.3, -0.25) is 14.6 Å². The second kappa shape index (κ2) is 2.79. The van der Waals surface area contributed by atoms with E-state index in [0.717, 1.165) is 10.8 Å². The van der Waals surface area contributed by atoms with E-state index >= 15 is 0 Å². The van der Waals surface area contributed by atoms with Crippen molar-refractivity contribution in [2.75, 3.05) is 0 Å². The van der Waals surface area contributed by atoms with Crippen LogP contribution in [0.15, 0.2) is 39.9 Å². The smallest absolute Gasteiger partial charge is 0.258 e. The Morgan fingerprint density at radius 1 is 0.889 bits per heavy atom. The van der Waals surface area contributed by atoms with E-state index in [0.29, 0.717) is 16.2 Å². The van der Waals surface area contributed by atoms with Gasteiger partial charge in [-0.05, 0) is 11.5 Å². The van der Waals surface area contributed by atoms with Gasteiger partial charge in [-0.25, -0.2) is 0 Å². The molecule has 0 fully saturated rings. The molecule has 0 aliphatic heterocycles. The van der Waals surface area contributed by atoms with Gasteiger partial charge < -0.3 is 5.11 Å². The predicted molar refractivity (Wildman–Crippen MR) is 69.9 cm³/mol. The summed E-state index contributed by atoms with van der Waals surface area (Å²) < 4.78 is 0. The highest BCUT2D eigenvalue weighted by Crippen LogP contribution is 2.34. The molecular formula is C14H7NO3. The fourth-order valence-electron chi connectivity index (χ4n) is 2.73. The number of benzene rings is 2. The van der Waals surface area contributed by atoms with E-state index in [4.69, 9.17) is 0 Å². The Morgan fingerprint density at radius 3 is 2.56 bits per heavy atom. The molecule has 86 valence electrons. The Kier molecular flexibility index (Phi) is 1.46. The van der Waals surface area contributed by atoms with Gasteiger partial charge in [0.2, 0.25) is 5.88 Å². The minimum absolute atomic E-state index is 0.205. The fourth-order valence-corrected chi connectivity index (χ4v) is 2.73. The number of aromatic nitrogens is 1.